The smallest absolute Gasteiger partial charge is 0.258 e. The van der Waals surface area contributed by atoms with Gasteiger partial charge in [-0.1, -0.05) is 49.2 Å². The Labute approximate surface area is 179 Å². The highest BCUT2D eigenvalue weighted by atomic mass is 35.5. The highest BCUT2D eigenvalue weighted by Crippen LogP contribution is 2.25. The minimum absolute atomic E-state index is 0.152. The Kier molecular flexibility index (Phi) is 17.7. The number of nitrogens with one attached hydrogen (secondary N) is 2. The third-order valence-corrected chi connectivity index (χ3v) is 3.29. The number of anilines is 1. The van der Waals surface area contributed by atoms with Crippen molar-refractivity contribution >= 4 is 52.7 Å². The molecule has 0 radical (unpaired) electrons. The van der Waals surface area contributed by atoms with Gasteiger partial charge in [0, 0.05) is 18.3 Å². The van der Waals surface area contributed by atoms with Crippen LogP contribution in [0.1, 0.15) is 34.7 Å². The highest BCUT2D eigenvalue weighted by molar-refractivity contribution is 6.40. The molecule has 0 aliphatic heterocycles. The Morgan fingerprint density at radius 1 is 1.25 bits per heavy atom. The van der Waals surface area contributed by atoms with Gasteiger partial charge in [-0.05, 0) is 12.1 Å². The normalized spacial score (nSPS) is 8.89. The number of nitrogens with zero attached hydrogens (tertiary/aromatic N) is 1. The SMILES string of the molecule is C=CCCl.CC.N/C=C/N.O=Cc1[nH]ncc1NC(=O)c1c(Cl)cccc1Cl. The molecule has 154 valence electrons. The van der Waals surface area contributed by atoms with Crippen molar-refractivity contribution in [3.05, 3.63) is 70.8 Å². The number of rotatable bonds is 4. The monoisotopic (exact) mass is 447 g/mol. The fourth-order valence-corrected chi connectivity index (χ4v) is 1.95. The molecule has 0 fully saturated rings. The van der Waals surface area contributed by atoms with Crippen molar-refractivity contribution in [1.29, 1.82) is 0 Å². The van der Waals surface area contributed by atoms with E-state index in [0.29, 0.717) is 12.2 Å². The van der Waals surface area contributed by atoms with Crippen molar-refractivity contribution in [3.8, 4) is 0 Å². The molecule has 0 bridgehead atoms. The molecule has 1 amide bonds. The molecule has 0 saturated heterocycles. The third kappa shape index (κ3) is 10.6. The van der Waals surface area contributed by atoms with Gasteiger partial charge in [-0.25, -0.2) is 0 Å². The first-order valence-corrected chi connectivity index (χ1v) is 9.25. The number of H-pyrrole nitrogens is 1. The van der Waals surface area contributed by atoms with Crippen LogP contribution < -0.4 is 16.8 Å². The van der Waals surface area contributed by atoms with E-state index in [1.54, 1.807) is 24.3 Å². The van der Waals surface area contributed by atoms with Crippen LogP contribution >= 0.6 is 34.8 Å². The fourth-order valence-electron chi connectivity index (χ4n) is 1.39. The van der Waals surface area contributed by atoms with E-state index >= 15 is 0 Å². The summed E-state index contributed by atoms with van der Waals surface area (Å²) in [5, 5.41) is 9.06. The van der Waals surface area contributed by atoms with Crippen LogP contribution in [0.5, 0.6) is 0 Å². The molecular weight excluding hydrogens is 425 g/mol. The van der Waals surface area contributed by atoms with Gasteiger partial charge in [-0.2, -0.15) is 5.10 Å². The summed E-state index contributed by atoms with van der Waals surface area (Å²) in [5.74, 6) is 0.0510. The number of aromatic amines is 1. The number of hydrogen-bond acceptors (Lipinski definition) is 5. The predicted molar refractivity (Wildman–Crippen MR) is 118 cm³/mol. The first-order chi connectivity index (χ1) is 13.5. The maximum atomic E-state index is 12.0. The Morgan fingerprint density at radius 3 is 2.14 bits per heavy atom. The summed E-state index contributed by atoms with van der Waals surface area (Å²) in [5.41, 5.74) is 10.0. The second kappa shape index (κ2) is 17.9. The van der Waals surface area contributed by atoms with Crippen LogP contribution in [-0.2, 0) is 0 Å². The number of benzene rings is 1. The molecule has 2 rings (SSSR count). The van der Waals surface area contributed by atoms with Crippen LogP contribution in [0.4, 0.5) is 5.69 Å². The van der Waals surface area contributed by atoms with E-state index in [2.05, 4.69) is 22.1 Å². The number of aldehydes is 1. The van der Waals surface area contributed by atoms with Crippen LogP contribution in [0.3, 0.4) is 0 Å². The van der Waals surface area contributed by atoms with E-state index in [1.165, 1.54) is 18.6 Å². The van der Waals surface area contributed by atoms with E-state index in [-0.39, 0.29) is 27.0 Å². The second-order valence-electron chi connectivity index (χ2n) is 4.19. The van der Waals surface area contributed by atoms with Crippen LogP contribution in [0, 0.1) is 0 Å². The van der Waals surface area contributed by atoms with Gasteiger partial charge >= 0.3 is 0 Å². The van der Waals surface area contributed by atoms with Crippen molar-refractivity contribution in [3.63, 3.8) is 0 Å². The minimum atomic E-state index is -0.505. The molecule has 6 N–H and O–H groups in total. The highest BCUT2D eigenvalue weighted by Gasteiger charge is 2.16. The maximum absolute atomic E-state index is 12.0. The maximum Gasteiger partial charge on any atom is 0.258 e. The van der Waals surface area contributed by atoms with Crippen LogP contribution in [0.15, 0.2) is 49.5 Å². The van der Waals surface area contributed by atoms with E-state index in [1.807, 2.05) is 13.8 Å². The Hall–Kier alpha value is -2.48. The average Bonchev–Trinajstić information content (AvgIpc) is 3.16. The van der Waals surface area contributed by atoms with Gasteiger partial charge in [0.15, 0.2) is 6.29 Å². The van der Waals surface area contributed by atoms with Crippen molar-refractivity contribution in [1.82, 2.24) is 10.2 Å². The summed E-state index contributed by atoms with van der Waals surface area (Å²) in [6.45, 7) is 7.35. The van der Waals surface area contributed by atoms with Crippen LogP contribution in [0.2, 0.25) is 10.0 Å². The van der Waals surface area contributed by atoms with Gasteiger partial charge < -0.3 is 16.8 Å². The second-order valence-corrected chi connectivity index (χ2v) is 5.32. The molecule has 0 unspecified atom stereocenters. The minimum Gasteiger partial charge on any atom is -0.403 e. The van der Waals surface area contributed by atoms with Gasteiger partial charge in [-0.15, -0.1) is 18.2 Å². The first-order valence-electron chi connectivity index (χ1n) is 7.95. The van der Waals surface area contributed by atoms with E-state index in [0.717, 1.165) is 0 Å². The summed E-state index contributed by atoms with van der Waals surface area (Å²) in [6, 6.07) is 4.74. The number of aromatic nitrogens is 2. The van der Waals surface area contributed by atoms with Gasteiger partial charge in [0.2, 0.25) is 0 Å². The molecule has 28 heavy (non-hydrogen) atoms. The Morgan fingerprint density at radius 2 is 1.75 bits per heavy atom. The zero-order chi connectivity index (χ0) is 21.9. The summed E-state index contributed by atoms with van der Waals surface area (Å²) in [6.07, 6.45) is 6.07. The molecule has 7 nitrogen and oxygen atoms in total. The fraction of sp³-hybridized carbons (Fsp3) is 0.167. The molecule has 0 aliphatic carbocycles. The molecule has 10 heteroatoms. The predicted octanol–water partition coefficient (Wildman–Crippen LogP) is 4.59. The van der Waals surface area contributed by atoms with Gasteiger partial charge in [0.1, 0.15) is 5.69 Å². The van der Waals surface area contributed by atoms with Gasteiger partial charge in [0.05, 0.1) is 27.5 Å². The summed E-state index contributed by atoms with van der Waals surface area (Å²) < 4.78 is 0. The molecule has 1 aromatic heterocycles. The standard InChI is InChI=1S/C11H7Cl2N3O2.C3H5Cl.C2H6N2.C2H6/c12-6-2-1-3-7(13)10(6)11(18)15-8-4-14-16-9(8)5-17;1-2-3-4;3-1-2-4;1-2/h1-5H,(H,14,16)(H,15,18);2H,1,3H2;1-2H,3-4H2;1-2H3/b;;2-1+;. The number of nitrogens with two attached hydrogens (primary N) is 2. The Bertz CT molecular complexity index is 724. The lowest BCUT2D eigenvalue weighted by Crippen LogP contribution is -2.13. The quantitative estimate of drug-likeness (QED) is 0.309. The van der Waals surface area contributed by atoms with Crippen LogP contribution in [0.25, 0.3) is 0 Å². The Balaban J connectivity index is 0. The number of alkyl halides is 1. The zero-order valence-electron chi connectivity index (χ0n) is 15.6. The molecule has 0 atom stereocenters. The molecular formula is C18H24Cl3N5O2. The average molecular weight is 449 g/mol. The number of allylic oxidation sites excluding steroid dienone is 1. The van der Waals surface area contributed by atoms with E-state index in [4.69, 9.17) is 46.3 Å². The van der Waals surface area contributed by atoms with Crippen molar-refractivity contribution in [2.45, 2.75) is 13.8 Å². The lowest BCUT2D eigenvalue weighted by Gasteiger charge is -2.07. The third-order valence-electron chi connectivity index (χ3n) is 2.44. The molecule has 1 aromatic carbocycles. The topological polar surface area (TPSA) is 127 Å². The number of carbonyl (C=O) groups is 2. The van der Waals surface area contributed by atoms with Crippen molar-refractivity contribution < 1.29 is 9.59 Å². The van der Waals surface area contributed by atoms with Gasteiger partial charge in [0.25, 0.3) is 5.91 Å². The van der Waals surface area contributed by atoms with Crippen LogP contribution in [-0.4, -0.2) is 28.3 Å². The van der Waals surface area contributed by atoms with E-state index < -0.39 is 5.91 Å². The summed E-state index contributed by atoms with van der Waals surface area (Å²) in [7, 11) is 0. The molecule has 0 aliphatic rings. The summed E-state index contributed by atoms with van der Waals surface area (Å²) >= 11 is 16.9. The number of amides is 1. The van der Waals surface area contributed by atoms with Crippen molar-refractivity contribution in [2.24, 2.45) is 11.5 Å². The van der Waals surface area contributed by atoms with Crippen molar-refractivity contribution in [2.75, 3.05) is 11.2 Å². The number of hydrogen-bond donors (Lipinski definition) is 4. The molecule has 0 saturated carbocycles. The molecule has 2 aromatic rings. The van der Waals surface area contributed by atoms with Gasteiger partial charge in [-0.3, -0.25) is 14.7 Å². The zero-order valence-corrected chi connectivity index (χ0v) is 17.9. The summed E-state index contributed by atoms with van der Waals surface area (Å²) in [4.78, 5) is 22.6. The number of carbonyl (C=O) groups excluding carboxylic acids is 2. The van der Waals surface area contributed by atoms with E-state index in [9.17, 15) is 9.59 Å². The molecule has 0 spiro atoms. The lowest BCUT2D eigenvalue weighted by atomic mass is 10.2. The lowest BCUT2D eigenvalue weighted by molar-refractivity contribution is 0.102. The first kappa shape index (κ1) is 27.7. The number of halogens is 3. The molecule has 1 heterocycles. The largest absolute Gasteiger partial charge is 0.403 e.